The van der Waals surface area contributed by atoms with Crippen molar-refractivity contribution >= 4 is 5.69 Å². The van der Waals surface area contributed by atoms with Crippen LogP contribution in [0.25, 0.3) is 0 Å². The first-order chi connectivity index (χ1) is 8.36. The Morgan fingerprint density at radius 3 is 2.65 bits per heavy atom. The number of aliphatic hydroxyl groups excluding tert-OH is 2. The molecule has 1 heterocycles. The molecule has 0 saturated heterocycles. The number of hydrogen-bond donors (Lipinski definition) is 2. The van der Waals surface area contributed by atoms with Crippen LogP contribution in [0.4, 0.5) is 5.69 Å². The lowest BCUT2D eigenvalue weighted by Gasteiger charge is -2.28. The number of ether oxygens (including phenoxy) is 1. The predicted octanol–water partition coefficient (Wildman–Crippen LogP) is 0.803. The third-order valence-corrected chi connectivity index (χ3v) is 3.02. The van der Waals surface area contributed by atoms with E-state index in [0.717, 1.165) is 30.9 Å². The Balaban J connectivity index is 2.28. The first-order valence-electron chi connectivity index (χ1n) is 6.08. The Morgan fingerprint density at radius 1 is 1.18 bits per heavy atom. The van der Waals surface area contributed by atoms with E-state index in [4.69, 9.17) is 14.9 Å². The van der Waals surface area contributed by atoms with Crippen LogP contribution >= 0.6 is 0 Å². The molecule has 94 valence electrons. The van der Waals surface area contributed by atoms with Gasteiger partial charge in [0, 0.05) is 24.3 Å². The van der Waals surface area contributed by atoms with Crippen molar-refractivity contribution in [1.29, 1.82) is 0 Å². The van der Waals surface area contributed by atoms with Gasteiger partial charge < -0.3 is 19.8 Å². The van der Waals surface area contributed by atoms with E-state index >= 15 is 0 Å². The molecule has 2 N–H and O–H groups in total. The van der Waals surface area contributed by atoms with Gasteiger partial charge in [-0.15, -0.1) is 0 Å². The molecule has 0 amide bonds. The second-order valence-corrected chi connectivity index (χ2v) is 4.14. The fourth-order valence-corrected chi connectivity index (χ4v) is 2.26. The monoisotopic (exact) mass is 237 g/mol. The summed E-state index contributed by atoms with van der Waals surface area (Å²) in [6.07, 6.45) is 2.02. The van der Waals surface area contributed by atoms with Gasteiger partial charge in [0.05, 0.1) is 19.8 Å². The fourth-order valence-electron chi connectivity index (χ4n) is 2.26. The van der Waals surface area contributed by atoms with E-state index in [2.05, 4.69) is 0 Å². The van der Waals surface area contributed by atoms with E-state index in [-0.39, 0.29) is 13.2 Å². The van der Waals surface area contributed by atoms with E-state index in [9.17, 15) is 0 Å². The van der Waals surface area contributed by atoms with Gasteiger partial charge in [0.25, 0.3) is 0 Å². The maximum Gasteiger partial charge on any atom is 0.124 e. The van der Waals surface area contributed by atoms with Gasteiger partial charge in [-0.1, -0.05) is 6.07 Å². The molecule has 1 aromatic carbocycles. The highest BCUT2D eigenvalue weighted by Gasteiger charge is 2.17. The van der Waals surface area contributed by atoms with Crippen LogP contribution < -0.4 is 9.64 Å². The van der Waals surface area contributed by atoms with Gasteiger partial charge in [-0.2, -0.15) is 0 Å². The number of nitrogens with zero attached hydrogens (tertiary/aromatic N) is 1. The normalized spacial score (nSPS) is 14.0. The molecular formula is C13H19NO3. The third kappa shape index (κ3) is 2.70. The lowest BCUT2D eigenvalue weighted by atomic mass is 10.0. The zero-order valence-electron chi connectivity index (χ0n) is 9.93. The Hall–Kier alpha value is -1.26. The van der Waals surface area contributed by atoms with Crippen molar-refractivity contribution in [3.05, 3.63) is 23.8 Å². The molecule has 4 heteroatoms. The summed E-state index contributed by atoms with van der Waals surface area (Å²) < 4.78 is 5.62. The second-order valence-electron chi connectivity index (χ2n) is 4.14. The number of benzene rings is 1. The minimum Gasteiger partial charge on any atom is -0.493 e. The first-order valence-corrected chi connectivity index (χ1v) is 6.08. The van der Waals surface area contributed by atoms with Crippen molar-refractivity contribution in [2.24, 2.45) is 0 Å². The van der Waals surface area contributed by atoms with Crippen molar-refractivity contribution in [2.75, 3.05) is 37.8 Å². The molecule has 1 aliphatic heterocycles. The summed E-state index contributed by atoms with van der Waals surface area (Å²) in [5.74, 6) is 0.939. The number of rotatable bonds is 5. The molecule has 0 radical (unpaired) electrons. The van der Waals surface area contributed by atoms with Crippen LogP contribution in [0.1, 0.15) is 12.0 Å². The predicted molar refractivity (Wildman–Crippen MR) is 66.6 cm³/mol. The van der Waals surface area contributed by atoms with Crippen LogP contribution in [0.2, 0.25) is 0 Å². The van der Waals surface area contributed by atoms with Gasteiger partial charge in [-0.05, 0) is 25.0 Å². The number of aliphatic hydroxyl groups is 2. The van der Waals surface area contributed by atoms with Gasteiger partial charge in [-0.3, -0.25) is 0 Å². The lowest BCUT2D eigenvalue weighted by molar-refractivity contribution is 0.278. The molecule has 0 atom stereocenters. The summed E-state index contributed by atoms with van der Waals surface area (Å²) in [6.45, 7) is 2.03. The van der Waals surface area contributed by atoms with Crippen molar-refractivity contribution < 1.29 is 14.9 Å². The SMILES string of the molecule is OCCN(CCO)c1cccc2c1CCCO2. The number of anilines is 1. The summed E-state index contributed by atoms with van der Waals surface area (Å²) >= 11 is 0. The average molecular weight is 237 g/mol. The van der Waals surface area contributed by atoms with Crippen LogP contribution in [0.3, 0.4) is 0 Å². The fraction of sp³-hybridized carbons (Fsp3) is 0.538. The highest BCUT2D eigenvalue weighted by molar-refractivity contribution is 5.60. The molecule has 0 saturated carbocycles. The largest absolute Gasteiger partial charge is 0.493 e. The van der Waals surface area contributed by atoms with E-state index in [1.165, 1.54) is 5.56 Å². The zero-order valence-corrected chi connectivity index (χ0v) is 9.93. The molecular weight excluding hydrogens is 218 g/mol. The van der Waals surface area contributed by atoms with Gasteiger partial charge in [0.2, 0.25) is 0 Å². The van der Waals surface area contributed by atoms with E-state index < -0.39 is 0 Å². The summed E-state index contributed by atoms with van der Waals surface area (Å²) in [5.41, 5.74) is 2.27. The van der Waals surface area contributed by atoms with Gasteiger partial charge in [0.15, 0.2) is 0 Å². The molecule has 0 spiro atoms. The number of fused-ring (bicyclic) bond motifs is 1. The molecule has 1 aromatic rings. The quantitative estimate of drug-likeness (QED) is 0.795. The van der Waals surface area contributed by atoms with Crippen molar-refractivity contribution in [2.45, 2.75) is 12.8 Å². The third-order valence-electron chi connectivity index (χ3n) is 3.02. The Morgan fingerprint density at radius 2 is 1.94 bits per heavy atom. The molecule has 0 aromatic heterocycles. The van der Waals surface area contributed by atoms with Crippen molar-refractivity contribution in [3.8, 4) is 5.75 Å². The smallest absolute Gasteiger partial charge is 0.124 e. The van der Waals surface area contributed by atoms with Crippen LogP contribution in [-0.2, 0) is 6.42 Å². The molecule has 2 rings (SSSR count). The van der Waals surface area contributed by atoms with Gasteiger partial charge in [0.1, 0.15) is 5.75 Å². The van der Waals surface area contributed by atoms with Gasteiger partial charge >= 0.3 is 0 Å². The minimum atomic E-state index is 0.0878. The summed E-state index contributed by atoms with van der Waals surface area (Å²) in [5, 5.41) is 18.1. The highest BCUT2D eigenvalue weighted by Crippen LogP contribution is 2.33. The number of hydrogen-bond acceptors (Lipinski definition) is 4. The topological polar surface area (TPSA) is 52.9 Å². The Labute approximate surface area is 101 Å². The summed E-state index contributed by atoms with van der Waals surface area (Å²) in [6, 6.07) is 5.97. The lowest BCUT2D eigenvalue weighted by Crippen LogP contribution is -2.31. The van der Waals surface area contributed by atoms with E-state index in [0.29, 0.717) is 13.1 Å². The van der Waals surface area contributed by atoms with Crippen LogP contribution in [0.5, 0.6) is 5.75 Å². The summed E-state index contributed by atoms with van der Waals surface area (Å²) in [7, 11) is 0. The van der Waals surface area contributed by atoms with Crippen LogP contribution in [-0.4, -0.2) is 43.1 Å². The molecule has 1 aliphatic rings. The van der Waals surface area contributed by atoms with Crippen molar-refractivity contribution in [3.63, 3.8) is 0 Å². The highest BCUT2D eigenvalue weighted by atomic mass is 16.5. The van der Waals surface area contributed by atoms with E-state index in [1.54, 1.807) is 0 Å². The second kappa shape index (κ2) is 5.89. The van der Waals surface area contributed by atoms with E-state index in [1.807, 2.05) is 23.1 Å². The Bertz CT molecular complexity index is 362. The maximum atomic E-state index is 9.07. The molecule has 0 unspecified atom stereocenters. The summed E-state index contributed by atoms with van der Waals surface area (Å²) in [4.78, 5) is 2.01. The first kappa shape index (κ1) is 12.2. The van der Waals surface area contributed by atoms with Crippen LogP contribution in [0, 0.1) is 0 Å². The average Bonchev–Trinajstić information content (AvgIpc) is 2.38. The molecule has 17 heavy (non-hydrogen) atoms. The Kier molecular flexibility index (Phi) is 4.23. The maximum absolute atomic E-state index is 9.07. The minimum absolute atomic E-state index is 0.0878. The molecule has 0 fully saturated rings. The van der Waals surface area contributed by atoms with Crippen LogP contribution in [0.15, 0.2) is 18.2 Å². The molecule has 4 nitrogen and oxygen atoms in total. The molecule has 0 aliphatic carbocycles. The van der Waals surface area contributed by atoms with Gasteiger partial charge in [-0.25, -0.2) is 0 Å². The zero-order chi connectivity index (χ0) is 12.1. The molecule has 0 bridgehead atoms. The van der Waals surface area contributed by atoms with Crippen molar-refractivity contribution in [1.82, 2.24) is 0 Å². The standard InChI is InChI=1S/C13H19NO3/c15-8-6-14(7-9-16)12-4-1-5-13-11(12)3-2-10-17-13/h1,4-5,15-16H,2-3,6-10H2.